The number of aryl methyl sites for hydroxylation is 1. The van der Waals surface area contributed by atoms with E-state index >= 15 is 0 Å². The van der Waals surface area contributed by atoms with Crippen molar-refractivity contribution in [2.45, 2.75) is 17.6 Å². The van der Waals surface area contributed by atoms with Crippen LogP contribution in [0.5, 0.6) is 0 Å². The first kappa shape index (κ1) is 11.9. The molecule has 2 rings (SSSR count). The monoisotopic (exact) mass is 243 g/mol. The summed E-state index contributed by atoms with van der Waals surface area (Å²) in [6, 6.07) is 11.6. The molecular weight excluding hydrogens is 230 g/mol. The van der Waals surface area contributed by atoms with Crippen LogP contribution < -0.4 is 0 Å². The van der Waals surface area contributed by atoms with Gasteiger partial charge in [0.05, 0.1) is 5.69 Å². The van der Waals surface area contributed by atoms with E-state index in [0.29, 0.717) is 5.56 Å². The number of aldehydes is 1. The van der Waals surface area contributed by atoms with Crippen molar-refractivity contribution >= 4 is 18.0 Å². The summed E-state index contributed by atoms with van der Waals surface area (Å²) >= 11 is 1.70. The lowest BCUT2D eigenvalue weighted by molar-refractivity contribution is 0.112. The Morgan fingerprint density at radius 3 is 2.94 bits per heavy atom. The van der Waals surface area contributed by atoms with E-state index in [0.717, 1.165) is 22.6 Å². The van der Waals surface area contributed by atoms with E-state index in [-0.39, 0.29) is 0 Å². The predicted molar refractivity (Wildman–Crippen MR) is 70.4 cm³/mol. The van der Waals surface area contributed by atoms with Gasteiger partial charge in [0.1, 0.15) is 6.29 Å². The maximum absolute atomic E-state index is 10.7. The highest BCUT2D eigenvalue weighted by Gasteiger charge is 2.01. The van der Waals surface area contributed by atoms with Crippen LogP contribution in [0.2, 0.25) is 0 Å². The molecule has 0 amide bonds. The molecule has 0 unspecified atom stereocenters. The first-order valence-corrected chi connectivity index (χ1v) is 6.36. The normalized spacial score (nSPS) is 10.2. The van der Waals surface area contributed by atoms with Gasteiger partial charge in [-0.25, -0.2) is 0 Å². The van der Waals surface area contributed by atoms with Crippen LogP contribution >= 0.6 is 11.8 Å². The fourth-order valence-corrected chi connectivity index (χ4v) is 2.50. The van der Waals surface area contributed by atoms with Crippen molar-refractivity contribution in [1.82, 2.24) is 4.98 Å². The van der Waals surface area contributed by atoms with Crippen LogP contribution in [-0.2, 0) is 5.75 Å². The molecule has 86 valence electrons. The van der Waals surface area contributed by atoms with Gasteiger partial charge in [-0.15, -0.1) is 11.8 Å². The van der Waals surface area contributed by atoms with Crippen molar-refractivity contribution in [1.29, 1.82) is 0 Å². The van der Waals surface area contributed by atoms with Crippen LogP contribution in [0, 0.1) is 6.92 Å². The number of aromatic nitrogens is 1. The fourth-order valence-electron chi connectivity index (χ4n) is 1.50. The summed E-state index contributed by atoms with van der Waals surface area (Å²) in [4.78, 5) is 16.1. The summed E-state index contributed by atoms with van der Waals surface area (Å²) < 4.78 is 0. The van der Waals surface area contributed by atoms with Gasteiger partial charge in [0.15, 0.2) is 0 Å². The number of carbonyl (C=O) groups is 1. The van der Waals surface area contributed by atoms with Crippen LogP contribution in [-0.4, -0.2) is 11.3 Å². The van der Waals surface area contributed by atoms with E-state index < -0.39 is 0 Å². The Morgan fingerprint density at radius 2 is 2.18 bits per heavy atom. The third-order valence-electron chi connectivity index (χ3n) is 2.49. The molecule has 0 aliphatic heterocycles. The van der Waals surface area contributed by atoms with E-state index in [9.17, 15) is 4.79 Å². The van der Waals surface area contributed by atoms with Crippen molar-refractivity contribution in [2.75, 3.05) is 0 Å². The Labute approximate surface area is 105 Å². The molecule has 0 N–H and O–H groups in total. The van der Waals surface area contributed by atoms with Gasteiger partial charge in [0, 0.05) is 22.4 Å². The second-order valence-electron chi connectivity index (χ2n) is 3.75. The second-order valence-corrected chi connectivity index (χ2v) is 4.79. The molecule has 0 atom stereocenters. The van der Waals surface area contributed by atoms with Gasteiger partial charge in [0.25, 0.3) is 0 Å². The molecule has 0 aliphatic rings. The summed E-state index contributed by atoms with van der Waals surface area (Å²) in [5, 5.41) is 0. The molecule has 0 aliphatic carbocycles. The van der Waals surface area contributed by atoms with Gasteiger partial charge < -0.3 is 0 Å². The van der Waals surface area contributed by atoms with Gasteiger partial charge in [0.2, 0.25) is 0 Å². The zero-order chi connectivity index (χ0) is 12.1. The topological polar surface area (TPSA) is 30.0 Å². The minimum atomic E-state index is 0.716. The van der Waals surface area contributed by atoms with Crippen molar-refractivity contribution in [3.8, 4) is 0 Å². The van der Waals surface area contributed by atoms with Crippen LogP contribution in [0.4, 0.5) is 0 Å². The standard InChI is InChI=1S/C14H13NOS/c1-11-4-3-7-15-14(11)10-17-13-6-2-5-12(8-13)9-16/h2-9H,10H2,1H3. The van der Waals surface area contributed by atoms with Gasteiger partial charge >= 0.3 is 0 Å². The maximum atomic E-state index is 10.7. The zero-order valence-electron chi connectivity index (χ0n) is 9.59. The third kappa shape index (κ3) is 3.17. The molecule has 0 saturated carbocycles. The molecule has 1 aromatic heterocycles. The number of nitrogens with zero attached hydrogens (tertiary/aromatic N) is 1. The molecular formula is C14H13NOS. The number of carbonyl (C=O) groups excluding carboxylic acids is 1. The smallest absolute Gasteiger partial charge is 0.150 e. The van der Waals surface area contributed by atoms with Gasteiger partial charge in [-0.2, -0.15) is 0 Å². The largest absolute Gasteiger partial charge is 0.298 e. The lowest BCUT2D eigenvalue weighted by Gasteiger charge is -2.04. The number of pyridine rings is 1. The SMILES string of the molecule is Cc1cccnc1CSc1cccc(C=O)c1. The number of thioether (sulfide) groups is 1. The quantitative estimate of drug-likeness (QED) is 0.608. The summed E-state index contributed by atoms with van der Waals surface area (Å²) in [6.45, 7) is 2.06. The molecule has 0 saturated heterocycles. The number of hydrogen-bond acceptors (Lipinski definition) is 3. The lowest BCUT2D eigenvalue weighted by atomic mass is 10.2. The summed E-state index contributed by atoms with van der Waals surface area (Å²) in [5.41, 5.74) is 3.01. The van der Waals surface area contributed by atoms with E-state index in [1.54, 1.807) is 11.8 Å². The highest BCUT2D eigenvalue weighted by atomic mass is 32.2. The molecule has 3 heteroatoms. The second kappa shape index (κ2) is 5.64. The van der Waals surface area contributed by atoms with Crippen LogP contribution in [0.3, 0.4) is 0 Å². The molecule has 1 heterocycles. The predicted octanol–water partition coefficient (Wildman–Crippen LogP) is 3.49. The van der Waals surface area contributed by atoms with Crippen molar-refractivity contribution in [3.05, 3.63) is 59.4 Å². The van der Waals surface area contributed by atoms with Crippen molar-refractivity contribution in [2.24, 2.45) is 0 Å². The molecule has 0 fully saturated rings. The van der Waals surface area contributed by atoms with E-state index in [1.807, 2.05) is 36.5 Å². The summed E-state index contributed by atoms with van der Waals surface area (Å²) in [6.07, 6.45) is 2.68. The van der Waals surface area contributed by atoms with Crippen molar-refractivity contribution in [3.63, 3.8) is 0 Å². The average molecular weight is 243 g/mol. The number of rotatable bonds is 4. The Hall–Kier alpha value is -1.61. The molecule has 0 spiro atoms. The van der Waals surface area contributed by atoms with Crippen molar-refractivity contribution < 1.29 is 4.79 Å². The number of hydrogen-bond donors (Lipinski definition) is 0. The van der Waals surface area contributed by atoms with Crippen LogP contribution in [0.25, 0.3) is 0 Å². The summed E-state index contributed by atoms with van der Waals surface area (Å²) in [7, 11) is 0. The average Bonchev–Trinajstić information content (AvgIpc) is 2.38. The highest BCUT2D eigenvalue weighted by Crippen LogP contribution is 2.23. The zero-order valence-corrected chi connectivity index (χ0v) is 10.4. The first-order valence-electron chi connectivity index (χ1n) is 5.38. The summed E-state index contributed by atoms with van der Waals surface area (Å²) in [5.74, 6) is 0.828. The van der Waals surface area contributed by atoms with E-state index in [1.165, 1.54) is 5.56 Å². The maximum Gasteiger partial charge on any atom is 0.150 e. The fraction of sp³-hybridized carbons (Fsp3) is 0.143. The van der Waals surface area contributed by atoms with E-state index in [4.69, 9.17) is 0 Å². The number of benzene rings is 1. The Bertz CT molecular complexity index is 525. The van der Waals surface area contributed by atoms with E-state index in [2.05, 4.69) is 18.0 Å². The molecule has 2 nitrogen and oxygen atoms in total. The van der Waals surface area contributed by atoms with Crippen LogP contribution in [0.1, 0.15) is 21.6 Å². The molecule has 0 bridgehead atoms. The Kier molecular flexibility index (Phi) is 3.94. The van der Waals surface area contributed by atoms with Gasteiger partial charge in [-0.05, 0) is 30.7 Å². The highest BCUT2D eigenvalue weighted by molar-refractivity contribution is 7.98. The van der Waals surface area contributed by atoms with Gasteiger partial charge in [-0.1, -0.05) is 18.2 Å². The lowest BCUT2D eigenvalue weighted by Crippen LogP contribution is -1.90. The first-order chi connectivity index (χ1) is 8.29. The minimum Gasteiger partial charge on any atom is -0.298 e. The third-order valence-corrected chi connectivity index (χ3v) is 3.49. The molecule has 0 radical (unpaired) electrons. The van der Waals surface area contributed by atoms with Gasteiger partial charge in [-0.3, -0.25) is 9.78 Å². The van der Waals surface area contributed by atoms with Crippen LogP contribution in [0.15, 0.2) is 47.5 Å². The Balaban J connectivity index is 2.07. The molecule has 1 aromatic carbocycles. The minimum absolute atomic E-state index is 0.716. The molecule has 17 heavy (non-hydrogen) atoms. The molecule has 2 aromatic rings. The Morgan fingerprint density at radius 1 is 1.29 bits per heavy atom.